The maximum Gasteiger partial charge on any atom is 0.237 e. The lowest BCUT2D eigenvalue weighted by atomic mass is 10.0. The van der Waals surface area contributed by atoms with Gasteiger partial charge in [-0.2, -0.15) is 0 Å². The molecule has 4 aromatic rings. The fraction of sp³-hybridized carbons (Fsp3) is 0.208. The number of amides is 1. The maximum atomic E-state index is 13.1. The number of carbonyl (C=O) groups is 1. The van der Waals surface area contributed by atoms with Crippen LogP contribution in [-0.4, -0.2) is 33.0 Å². The van der Waals surface area contributed by atoms with E-state index in [4.69, 9.17) is 4.42 Å². The van der Waals surface area contributed by atoms with Crippen LogP contribution in [-0.2, 0) is 11.2 Å². The number of hydrogen-bond donors (Lipinski definition) is 0. The predicted octanol–water partition coefficient (Wildman–Crippen LogP) is 4.91. The van der Waals surface area contributed by atoms with Crippen molar-refractivity contribution in [3.63, 3.8) is 0 Å². The number of hydrogen-bond acceptors (Lipinski definition) is 5. The molecule has 0 atom stereocenters. The fourth-order valence-electron chi connectivity index (χ4n) is 3.96. The van der Waals surface area contributed by atoms with E-state index in [2.05, 4.69) is 16.3 Å². The molecule has 0 radical (unpaired) electrons. The van der Waals surface area contributed by atoms with Crippen LogP contribution < -0.4 is 4.90 Å². The first-order valence-electron chi connectivity index (χ1n) is 10.3. The third-order valence-corrected chi connectivity index (χ3v) is 6.40. The number of rotatable bonds is 5. The number of aromatic nitrogens is 3. The summed E-state index contributed by atoms with van der Waals surface area (Å²) in [6.07, 6.45) is 3.65. The van der Waals surface area contributed by atoms with Gasteiger partial charge in [-0.25, -0.2) is 0 Å². The molecule has 6 nitrogen and oxygen atoms in total. The summed E-state index contributed by atoms with van der Waals surface area (Å²) in [6.45, 7) is 2.66. The Balaban J connectivity index is 1.43. The molecular weight excluding hydrogens is 408 g/mol. The van der Waals surface area contributed by atoms with Crippen molar-refractivity contribution in [3.8, 4) is 17.1 Å². The van der Waals surface area contributed by atoms with Crippen LogP contribution in [0, 0.1) is 6.92 Å². The monoisotopic (exact) mass is 430 g/mol. The van der Waals surface area contributed by atoms with Crippen LogP contribution in [0.1, 0.15) is 17.7 Å². The second-order valence-electron chi connectivity index (χ2n) is 7.43. The first-order valence-corrected chi connectivity index (χ1v) is 11.3. The number of nitrogens with zero attached hydrogens (tertiary/aromatic N) is 4. The highest BCUT2D eigenvalue weighted by Gasteiger charge is 2.24. The van der Waals surface area contributed by atoms with Gasteiger partial charge in [0.15, 0.2) is 11.0 Å². The molecule has 3 heterocycles. The Kier molecular flexibility index (Phi) is 5.34. The van der Waals surface area contributed by atoms with E-state index in [1.165, 1.54) is 17.3 Å². The minimum absolute atomic E-state index is 0.0841. The average molecular weight is 431 g/mol. The second kappa shape index (κ2) is 8.43. The van der Waals surface area contributed by atoms with Gasteiger partial charge >= 0.3 is 0 Å². The molecule has 0 N–H and O–H groups in total. The smallest absolute Gasteiger partial charge is 0.237 e. The average Bonchev–Trinajstić information content (AvgIpc) is 3.43. The second-order valence-corrected chi connectivity index (χ2v) is 8.38. The first kappa shape index (κ1) is 19.6. The van der Waals surface area contributed by atoms with Gasteiger partial charge in [0, 0.05) is 17.9 Å². The zero-order chi connectivity index (χ0) is 21.2. The molecule has 0 saturated heterocycles. The standard InChI is InChI=1S/C24H22N4O2S/c1-17-20(13-15-30-17)23-25-26-24(28(23)19-10-3-2-4-11-19)31-16-22(29)27-14-7-9-18-8-5-6-12-21(18)27/h2-6,8,10-13,15H,7,9,14,16H2,1H3. The lowest BCUT2D eigenvalue weighted by Crippen LogP contribution is -2.36. The van der Waals surface area contributed by atoms with E-state index < -0.39 is 0 Å². The quantitative estimate of drug-likeness (QED) is 0.421. The molecule has 5 rings (SSSR count). The topological polar surface area (TPSA) is 64.2 Å². The fourth-order valence-corrected chi connectivity index (χ4v) is 4.79. The molecule has 2 aromatic heterocycles. The van der Waals surface area contributed by atoms with Gasteiger partial charge in [0.25, 0.3) is 0 Å². The third-order valence-electron chi connectivity index (χ3n) is 5.48. The van der Waals surface area contributed by atoms with Crippen LogP contribution >= 0.6 is 11.8 Å². The minimum Gasteiger partial charge on any atom is -0.469 e. The SMILES string of the molecule is Cc1occc1-c1nnc(SCC(=O)N2CCCc3ccccc32)n1-c1ccccc1. The van der Waals surface area contributed by atoms with Crippen molar-refractivity contribution in [2.45, 2.75) is 24.9 Å². The van der Waals surface area contributed by atoms with Crippen molar-refractivity contribution in [3.05, 3.63) is 78.3 Å². The van der Waals surface area contributed by atoms with Crippen molar-refractivity contribution >= 4 is 23.4 Å². The molecule has 0 fully saturated rings. The van der Waals surface area contributed by atoms with E-state index >= 15 is 0 Å². The van der Waals surface area contributed by atoms with Crippen LogP contribution in [0.4, 0.5) is 5.69 Å². The van der Waals surface area contributed by atoms with Gasteiger partial charge in [0.1, 0.15) is 5.76 Å². The van der Waals surface area contributed by atoms with Crippen molar-refractivity contribution in [1.29, 1.82) is 0 Å². The first-order chi connectivity index (χ1) is 15.2. The summed E-state index contributed by atoms with van der Waals surface area (Å²) >= 11 is 1.41. The highest BCUT2D eigenvalue weighted by Crippen LogP contribution is 2.31. The highest BCUT2D eigenvalue weighted by atomic mass is 32.2. The maximum absolute atomic E-state index is 13.1. The minimum atomic E-state index is 0.0841. The summed E-state index contributed by atoms with van der Waals surface area (Å²) in [4.78, 5) is 15.0. The predicted molar refractivity (Wildman–Crippen MR) is 122 cm³/mol. The zero-order valence-electron chi connectivity index (χ0n) is 17.2. The van der Waals surface area contributed by atoms with Crippen LogP contribution in [0.3, 0.4) is 0 Å². The van der Waals surface area contributed by atoms with Crippen molar-refractivity contribution in [1.82, 2.24) is 14.8 Å². The summed E-state index contributed by atoms with van der Waals surface area (Å²) in [5, 5.41) is 9.52. The van der Waals surface area contributed by atoms with E-state index in [1.807, 2.05) is 71.0 Å². The molecule has 1 aliphatic heterocycles. The molecule has 7 heteroatoms. The number of thioether (sulfide) groups is 1. The number of para-hydroxylation sites is 2. The van der Waals surface area contributed by atoms with Crippen LogP contribution in [0.5, 0.6) is 0 Å². The van der Waals surface area contributed by atoms with Gasteiger partial charge in [0.05, 0.1) is 17.6 Å². The molecule has 156 valence electrons. The molecule has 1 aliphatic rings. The molecule has 0 aliphatic carbocycles. The number of carbonyl (C=O) groups excluding carboxylic acids is 1. The number of fused-ring (bicyclic) bond motifs is 1. The van der Waals surface area contributed by atoms with Crippen molar-refractivity contribution < 1.29 is 9.21 Å². The zero-order valence-corrected chi connectivity index (χ0v) is 18.0. The van der Waals surface area contributed by atoms with E-state index in [-0.39, 0.29) is 5.91 Å². The summed E-state index contributed by atoms with van der Waals surface area (Å²) < 4.78 is 7.47. The Hall–Kier alpha value is -3.32. The Morgan fingerprint density at radius 3 is 2.68 bits per heavy atom. The van der Waals surface area contributed by atoms with Crippen molar-refractivity contribution in [2.24, 2.45) is 0 Å². The lowest BCUT2D eigenvalue weighted by molar-refractivity contribution is -0.116. The summed E-state index contributed by atoms with van der Waals surface area (Å²) in [5.74, 6) is 1.86. The van der Waals surface area contributed by atoms with E-state index in [9.17, 15) is 4.79 Å². The van der Waals surface area contributed by atoms with E-state index in [0.29, 0.717) is 16.7 Å². The molecular formula is C24H22N4O2S. The van der Waals surface area contributed by atoms with Gasteiger partial charge in [-0.1, -0.05) is 48.2 Å². The Morgan fingerprint density at radius 1 is 1.06 bits per heavy atom. The normalized spacial score (nSPS) is 13.3. The lowest BCUT2D eigenvalue weighted by Gasteiger charge is -2.29. The van der Waals surface area contributed by atoms with E-state index in [1.54, 1.807) is 6.26 Å². The number of aryl methyl sites for hydroxylation is 2. The van der Waals surface area contributed by atoms with Crippen LogP contribution in [0.25, 0.3) is 17.1 Å². The molecule has 2 aromatic carbocycles. The summed E-state index contributed by atoms with van der Waals surface area (Å²) in [6, 6.07) is 20.0. The Morgan fingerprint density at radius 2 is 1.87 bits per heavy atom. The van der Waals surface area contributed by atoms with Gasteiger partial charge in [-0.05, 0) is 49.6 Å². The van der Waals surface area contributed by atoms with Gasteiger partial charge < -0.3 is 9.32 Å². The van der Waals surface area contributed by atoms with Crippen LogP contribution in [0.15, 0.2) is 76.5 Å². The van der Waals surface area contributed by atoms with Gasteiger partial charge in [-0.15, -0.1) is 10.2 Å². The molecule has 0 bridgehead atoms. The third kappa shape index (κ3) is 3.77. The van der Waals surface area contributed by atoms with Crippen LogP contribution in [0.2, 0.25) is 0 Å². The number of furan rings is 1. The molecule has 1 amide bonds. The Labute approximate surface area is 184 Å². The summed E-state index contributed by atoms with van der Waals surface area (Å²) in [5.41, 5.74) is 4.09. The molecule has 0 unspecified atom stereocenters. The van der Waals surface area contributed by atoms with E-state index in [0.717, 1.165) is 42.1 Å². The van der Waals surface area contributed by atoms with Crippen molar-refractivity contribution in [2.75, 3.05) is 17.2 Å². The molecule has 0 saturated carbocycles. The summed E-state index contributed by atoms with van der Waals surface area (Å²) in [7, 11) is 0. The largest absolute Gasteiger partial charge is 0.469 e. The number of benzene rings is 2. The number of anilines is 1. The molecule has 31 heavy (non-hydrogen) atoms. The van der Waals surface area contributed by atoms with Gasteiger partial charge in [0.2, 0.25) is 5.91 Å². The Bertz CT molecular complexity index is 1220. The highest BCUT2D eigenvalue weighted by molar-refractivity contribution is 7.99. The van der Waals surface area contributed by atoms with Gasteiger partial charge in [-0.3, -0.25) is 9.36 Å². The molecule has 0 spiro atoms.